The number of carbonyl (C=O) groups is 1. The molecule has 0 aliphatic heterocycles. The molecule has 7 heteroatoms. The summed E-state index contributed by atoms with van der Waals surface area (Å²) in [6.45, 7) is 9.93. The molecule has 1 aromatic carbocycles. The zero-order chi connectivity index (χ0) is 22.0. The van der Waals surface area contributed by atoms with Gasteiger partial charge in [-0.2, -0.15) is 10.2 Å². The van der Waals surface area contributed by atoms with Gasteiger partial charge in [-0.05, 0) is 44.4 Å². The van der Waals surface area contributed by atoms with Crippen molar-refractivity contribution in [2.75, 3.05) is 6.54 Å². The van der Waals surface area contributed by atoms with E-state index < -0.39 is 0 Å². The molecule has 4 rings (SSSR count). The zero-order valence-electron chi connectivity index (χ0n) is 18.5. The summed E-state index contributed by atoms with van der Waals surface area (Å²) in [6, 6.07) is 14.0. The van der Waals surface area contributed by atoms with Crippen LogP contribution >= 0.6 is 0 Å². The van der Waals surface area contributed by atoms with Crippen LogP contribution in [-0.4, -0.2) is 37.0 Å². The molecule has 0 saturated heterocycles. The maximum atomic E-state index is 13.1. The maximum absolute atomic E-state index is 13.1. The zero-order valence-corrected chi connectivity index (χ0v) is 18.5. The Morgan fingerprint density at radius 2 is 1.87 bits per heavy atom. The number of nitrogens with zero attached hydrogens (tertiary/aromatic N) is 5. The highest BCUT2D eigenvalue weighted by Crippen LogP contribution is 2.23. The van der Waals surface area contributed by atoms with Crippen LogP contribution in [0.5, 0.6) is 0 Å². The molecule has 3 heterocycles. The predicted molar refractivity (Wildman–Crippen MR) is 121 cm³/mol. The van der Waals surface area contributed by atoms with Gasteiger partial charge in [0.2, 0.25) is 0 Å². The fourth-order valence-corrected chi connectivity index (χ4v) is 3.84. The van der Waals surface area contributed by atoms with Crippen LogP contribution in [0.15, 0.2) is 48.7 Å². The number of hydrogen-bond acceptors (Lipinski definition) is 4. The van der Waals surface area contributed by atoms with Crippen LogP contribution in [0.1, 0.15) is 39.9 Å². The van der Waals surface area contributed by atoms with Crippen LogP contribution < -0.4 is 5.32 Å². The normalized spacial score (nSPS) is 12.3. The Bertz CT molecular complexity index is 1210. The fraction of sp³-hybridized carbons (Fsp3) is 0.333. The third-order valence-corrected chi connectivity index (χ3v) is 5.45. The minimum absolute atomic E-state index is 0.0955. The van der Waals surface area contributed by atoms with Crippen molar-refractivity contribution in [2.45, 2.75) is 40.8 Å². The summed E-state index contributed by atoms with van der Waals surface area (Å²) in [5, 5.41) is 12.9. The Labute approximate surface area is 182 Å². The van der Waals surface area contributed by atoms with E-state index in [0.29, 0.717) is 18.7 Å². The summed E-state index contributed by atoms with van der Waals surface area (Å²) in [7, 11) is 0. The van der Waals surface area contributed by atoms with E-state index in [9.17, 15) is 4.79 Å². The number of rotatable bonds is 7. The Morgan fingerprint density at radius 3 is 2.58 bits per heavy atom. The lowest BCUT2D eigenvalue weighted by atomic mass is 10.1. The summed E-state index contributed by atoms with van der Waals surface area (Å²) in [4.78, 5) is 17.8. The number of aryl methyl sites for hydroxylation is 3. The molecule has 4 aromatic rings. The first kappa shape index (κ1) is 20.8. The monoisotopic (exact) mass is 416 g/mol. The summed E-state index contributed by atoms with van der Waals surface area (Å²) < 4.78 is 3.84. The number of fused-ring (bicyclic) bond motifs is 1. The molecule has 160 valence electrons. The van der Waals surface area contributed by atoms with Crippen LogP contribution in [0.3, 0.4) is 0 Å². The average molecular weight is 417 g/mol. The highest BCUT2D eigenvalue weighted by Gasteiger charge is 2.19. The van der Waals surface area contributed by atoms with Crippen molar-refractivity contribution >= 4 is 16.9 Å². The Kier molecular flexibility index (Phi) is 5.84. The van der Waals surface area contributed by atoms with Crippen LogP contribution in [-0.2, 0) is 13.1 Å². The number of pyridine rings is 1. The van der Waals surface area contributed by atoms with E-state index in [1.165, 1.54) is 0 Å². The topological polar surface area (TPSA) is 77.6 Å². The molecule has 1 N–H and O–H groups in total. The molecule has 0 radical (unpaired) electrons. The lowest BCUT2D eigenvalue weighted by molar-refractivity contribution is 0.0948. The number of amides is 1. The quantitative estimate of drug-likeness (QED) is 0.499. The molecule has 0 aliphatic rings. The molecule has 0 spiro atoms. The van der Waals surface area contributed by atoms with Gasteiger partial charge in [-0.15, -0.1) is 0 Å². The first-order chi connectivity index (χ1) is 14.9. The third-order valence-electron chi connectivity index (χ3n) is 5.45. The summed E-state index contributed by atoms with van der Waals surface area (Å²) >= 11 is 0. The number of aromatic nitrogens is 5. The van der Waals surface area contributed by atoms with Gasteiger partial charge in [-0.1, -0.05) is 37.3 Å². The lowest BCUT2D eigenvalue weighted by Gasteiger charge is -2.14. The number of nitrogens with one attached hydrogen (secondary N) is 1. The van der Waals surface area contributed by atoms with Crippen LogP contribution in [0.25, 0.3) is 11.0 Å². The molecule has 1 atom stereocenters. The van der Waals surface area contributed by atoms with E-state index in [4.69, 9.17) is 4.98 Å². The first-order valence-electron chi connectivity index (χ1n) is 10.6. The van der Waals surface area contributed by atoms with Crippen molar-refractivity contribution in [3.8, 4) is 0 Å². The van der Waals surface area contributed by atoms with Gasteiger partial charge in [0.15, 0.2) is 5.65 Å². The molecule has 7 nitrogen and oxygen atoms in total. The molecule has 0 saturated carbocycles. The Hall–Kier alpha value is -3.48. The molecule has 3 aromatic heterocycles. The fourth-order valence-electron chi connectivity index (χ4n) is 3.84. The number of carbonyl (C=O) groups excluding carboxylic acids is 1. The van der Waals surface area contributed by atoms with E-state index in [1.54, 1.807) is 6.20 Å². The number of hydrogen-bond donors (Lipinski definition) is 1. The minimum atomic E-state index is -0.0955. The van der Waals surface area contributed by atoms with E-state index >= 15 is 0 Å². The van der Waals surface area contributed by atoms with E-state index in [2.05, 4.69) is 34.6 Å². The van der Waals surface area contributed by atoms with Gasteiger partial charge in [0, 0.05) is 30.7 Å². The molecule has 0 bridgehead atoms. The van der Waals surface area contributed by atoms with Crippen molar-refractivity contribution < 1.29 is 4.79 Å². The molecule has 1 amide bonds. The molecular weight excluding hydrogens is 388 g/mol. The SMILES string of the molecule is Cc1cc(C(=O)NC[C@H](C)Cn2nccc2C)c2c(C)nn(Cc3ccccc3)c2n1. The van der Waals surface area contributed by atoms with Gasteiger partial charge >= 0.3 is 0 Å². The van der Waals surface area contributed by atoms with Crippen molar-refractivity contribution in [2.24, 2.45) is 5.92 Å². The van der Waals surface area contributed by atoms with Crippen molar-refractivity contribution in [3.63, 3.8) is 0 Å². The van der Waals surface area contributed by atoms with Crippen molar-refractivity contribution in [3.05, 3.63) is 76.9 Å². The summed E-state index contributed by atoms with van der Waals surface area (Å²) in [5.74, 6) is 0.157. The van der Waals surface area contributed by atoms with Gasteiger partial charge in [0.25, 0.3) is 5.91 Å². The standard InChI is InChI=1S/C24H28N6O/c1-16(14-29-18(3)10-11-26-29)13-25-24(31)21-12-17(2)27-23-22(21)19(4)28-30(23)15-20-8-6-5-7-9-20/h5-12,16H,13-15H2,1-4H3,(H,25,31)/t16-/m0/s1. The van der Waals surface area contributed by atoms with Gasteiger partial charge < -0.3 is 5.32 Å². The van der Waals surface area contributed by atoms with Gasteiger partial charge in [0.1, 0.15) is 0 Å². The molecule has 31 heavy (non-hydrogen) atoms. The molecule has 0 unspecified atom stereocenters. The molecule has 0 aliphatic carbocycles. The van der Waals surface area contributed by atoms with E-state index in [0.717, 1.165) is 40.2 Å². The van der Waals surface area contributed by atoms with Crippen molar-refractivity contribution in [1.82, 2.24) is 29.9 Å². The van der Waals surface area contributed by atoms with Crippen LogP contribution in [0.4, 0.5) is 0 Å². The second-order valence-electron chi connectivity index (χ2n) is 8.21. The number of benzene rings is 1. The lowest BCUT2D eigenvalue weighted by Crippen LogP contribution is -2.30. The Morgan fingerprint density at radius 1 is 1.10 bits per heavy atom. The maximum Gasteiger partial charge on any atom is 0.252 e. The van der Waals surface area contributed by atoms with E-state index in [-0.39, 0.29) is 11.8 Å². The Balaban J connectivity index is 1.55. The highest BCUT2D eigenvalue weighted by molar-refractivity contribution is 6.06. The average Bonchev–Trinajstić information content (AvgIpc) is 3.29. The van der Waals surface area contributed by atoms with Crippen LogP contribution in [0.2, 0.25) is 0 Å². The van der Waals surface area contributed by atoms with Gasteiger partial charge in [-0.25, -0.2) is 9.67 Å². The first-order valence-corrected chi connectivity index (χ1v) is 10.6. The third kappa shape index (κ3) is 4.50. The van der Waals surface area contributed by atoms with Crippen molar-refractivity contribution in [1.29, 1.82) is 0 Å². The second-order valence-corrected chi connectivity index (χ2v) is 8.21. The smallest absolute Gasteiger partial charge is 0.252 e. The van der Waals surface area contributed by atoms with E-state index in [1.807, 2.05) is 60.5 Å². The van der Waals surface area contributed by atoms with Gasteiger partial charge in [-0.3, -0.25) is 9.48 Å². The molecular formula is C24H28N6O. The second kappa shape index (κ2) is 8.71. The summed E-state index contributed by atoms with van der Waals surface area (Å²) in [6.07, 6.45) is 1.80. The minimum Gasteiger partial charge on any atom is -0.352 e. The molecule has 0 fully saturated rings. The summed E-state index contributed by atoms with van der Waals surface area (Å²) in [5.41, 5.74) is 5.24. The predicted octanol–water partition coefficient (Wildman–Crippen LogP) is 3.67. The highest BCUT2D eigenvalue weighted by atomic mass is 16.1. The van der Waals surface area contributed by atoms with Crippen LogP contribution in [0, 0.1) is 26.7 Å². The van der Waals surface area contributed by atoms with Gasteiger partial charge in [0.05, 0.1) is 23.2 Å². The largest absolute Gasteiger partial charge is 0.352 e.